The Bertz CT molecular complexity index is 1230. The molecule has 8 heteroatoms. The molecule has 0 spiro atoms. The van der Waals surface area contributed by atoms with Crippen LogP contribution in [0.4, 0.5) is 0 Å². The molecule has 0 radical (unpaired) electrons. The van der Waals surface area contributed by atoms with Gasteiger partial charge in [-0.15, -0.1) is 0 Å². The van der Waals surface area contributed by atoms with Crippen LogP contribution in [0.3, 0.4) is 0 Å². The molecule has 3 amide bonds. The molecule has 244 valence electrons. The van der Waals surface area contributed by atoms with Crippen molar-refractivity contribution >= 4 is 28.5 Å². The summed E-state index contributed by atoms with van der Waals surface area (Å²) in [5.74, 6) is 0.0463. The molecule has 1 fully saturated rings. The number of carbonyl (C=O) groups is 3. The first kappa shape index (κ1) is 35.5. The lowest BCUT2D eigenvalue weighted by molar-refractivity contribution is -0.143. The van der Waals surface area contributed by atoms with E-state index in [-0.39, 0.29) is 35.6 Å². The molecule has 1 aliphatic rings. The number of fused-ring (bicyclic) bond motifs is 1. The van der Waals surface area contributed by atoms with Crippen molar-refractivity contribution in [2.24, 2.45) is 23.2 Å². The van der Waals surface area contributed by atoms with Crippen molar-refractivity contribution in [3.05, 3.63) is 48.0 Å². The van der Waals surface area contributed by atoms with Crippen LogP contribution in [0.25, 0.3) is 10.8 Å². The molecular weight excluding hydrogens is 552 g/mol. The number of nitrogens with zero attached hydrogens (tertiary/aromatic N) is 1. The zero-order valence-corrected chi connectivity index (χ0v) is 28.0. The number of likely N-dealkylation sites (tertiary alicyclic amines) is 1. The van der Waals surface area contributed by atoms with Gasteiger partial charge in [0, 0.05) is 38.5 Å². The lowest BCUT2D eigenvalue weighted by atomic mass is 9.88. The average molecular weight is 609 g/mol. The number of aliphatic hydroxyl groups excluding tert-OH is 1. The van der Waals surface area contributed by atoms with E-state index in [4.69, 9.17) is 0 Å². The second-order valence-electron chi connectivity index (χ2n) is 14.7. The van der Waals surface area contributed by atoms with Crippen molar-refractivity contribution in [3.63, 3.8) is 0 Å². The Balaban J connectivity index is 1.74. The van der Waals surface area contributed by atoms with Crippen LogP contribution < -0.4 is 16.0 Å². The summed E-state index contributed by atoms with van der Waals surface area (Å²) in [6, 6.07) is 12.6. The highest BCUT2D eigenvalue weighted by Gasteiger charge is 2.38. The highest BCUT2D eigenvalue weighted by molar-refractivity contribution is 5.93. The van der Waals surface area contributed by atoms with Crippen LogP contribution in [-0.2, 0) is 20.8 Å². The first-order valence-corrected chi connectivity index (χ1v) is 16.5. The third-order valence-electron chi connectivity index (χ3n) is 8.13. The lowest BCUT2D eigenvalue weighted by Gasteiger charge is -2.31. The van der Waals surface area contributed by atoms with Gasteiger partial charge in [0.2, 0.25) is 17.7 Å². The van der Waals surface area contributed by atoms with Gasteiger partial charge >= 0.3 is 0 Å². The van der Waals surface area contributed by atoms with Crippen molar-refractivity contribution in [3.8, 4) is 0 Å². The average Bonchev–Trinajstić information content (AvgIpc) is 3.44. The van der Waals surface area contributed by atoms with E-state index in [1.807, 2.05) is 42.5 Å². The monoisotopic (exact) mass is 608 g/mol. The summed E-state index contributed by atoms with van der Waals surface area (Å²) in [7, 11) is 0. The predicted octanol–water partition coefficient (Wildman–Crippen LogP) is 4.68. The minimum Gasteiger partial charge on any atom is -0.390 e. The second kappa shape index (κ2) is 16.4. The van der Waals surface area contributed by atoms with Gasteiger partial charge in [-0.05, 0) is 59.3 Å². The number of amides is 3. The maximum Gasteiger partial charge on any atom is 0.243 e. The summed E-state index contributed by atoms with van der Waals surface area (Å²) in [5.41, 5.74) is 1.00. The molecule has 44 heavy (non-hydrogen) atoms. The molecule has 1 heterocycles. The molecule has 2 aromatic carbocycles. The Morgan fingerprint density at radius 2 is 1.61 bits per heavy atom. The predicted molar refractivity (Wildman–Crippen MR) is 178 cm³/mol. The molecule has 4 N–H and O–H groups in total. The van der Waals surface area contributed by atoms with E-state index in [9.17, 15) is 19.5 Å². The molecular formula is C36H56N4O4. The summed E-state index contributed by atoms with van der Waals surface area (Å²) in [6.07, 6.45) is 2.46. The van der Waals surface area contributed by atoms with E-state index < -0.39 is 18.2 Å². The van der Waals surface area contributed by atoms with E-state index in [1.54, 1.807) is 4.90 Å². The fraction of sp³-hybridized carbons (Fsp3) is 0.639. The van der Waals surface area contributed by atoms with Gasteiger partial charge in [0.05, 0.1) is 6.10 Å². The topological polar surface area (TPSA) is 111 Å². The van der Waals surface area contributed by atoms with Gasteiger partial charge in [-0.1, -0.05) is 90.9 Å². The lowest BCUT2D eigenvalue weighted by Crippen LogP contribution is -2.55. The van der Waals surface area contributed by atoms with Gasteiger partial charge in [0.25, 0.3) is 0 Å². The first-order valence-electron chi connectivity index (χ1n) is 16.5. The van der Waals surface area contributed by atoms with Crippen molar-refractivity contribution in [1.29, 1.82) is 0 Å². The molecule has 8 nitrogen and oxygen atoms in total. The van der Waals surface area contributed by atoms with E-state index in [2.05, 4.69) is 64.4 Å². The number of benzene rings is 2. The molecule has 3 rings (SSSR count). The number of carbonyl (C=O) groups excluding carboxylic acids is 3. The molecule has 0 bridgehead atoms. The van der Waals surface area contributed by atoms with Gasteiger partial charge in [-0.3, -0.25) is 14.4 Å². The van der Waals surface area contributed by atoms with Crippen LogP contribution in [0.1, 0.15) is 79.7 Å². The van der Waals surface area contributed by atoms with Crippen LogP contribution in [0.2, 0.25) is 0 Å². The molecule has 0 aliphatic carbocycles. The number of hydrogen-bond acceptors (Lipinski definition) is 5. The third kappa shape index (κ3) is 11.2. The molecule has 1 aliphatic heterocycles. The second-order valence-corrected chi connectivity index (χ2v) is 14.7. The number of hydrogen-bond donors (Lipinski definition) is 4. The zero-order valence-electron chi connectivity index (χ0n) is 28.0. The maximum absolute atomic E-state index is 13.8. The number of rotatable bonds is 15. The van der Waals surface area contributed by atoms with E-state index in [0.29, 0.717) is 37.8 Å². The summed E-state index contributed by atoms with van der Waals surface area (Å²) in [4.78, 5) is 42.8. The molecule has 3 atom stereocenters. The molecule has 0 saturated carbocycles. The third-order valence-corrected chi connectivity index (χ3v) is 8.13. The van der Waals surface area contributed by atoms with Gasteiger partial charge in [-0.25, -0.2) is 0 Å². The van der Waals surface area contributed by atoms with Crippen LogP contribution in [0.5, 0.6) is 0 Å². The summed E-state index contributed by atoms with van der Waals surface area (Å²) >= 11 is 0. The van der Waals surface area contributed by atoms with Gasteiger partial charge in [0.1, 0.15) is 12.1 Å². The van der Waals surface area contributed by atoms with Crippen molar-refractivity contribution in [2.75, 3.05) is 26.2 Å². The SMILES string of the molecule is CC(C)CC(CC(C)C)C(=O)N1CCCC1C(=O)NC(Cc1ccc2ccccc2c1)C(=O)NCC(O)CNCC(C)(C)C. The standard InChI is InChI=1S/C36H56N4O4/c1-24(2)17-29(18-25(3)4)35(44)40-16-10-13-32(40)34(43)39-31(20-26-14-15-27-11-8-9-12-28(27)19-26)33(42)38-22-30(41)21-37-23-36(5,6)7/h8-9,11-12,14-15,19,24-25,29-32,37,41H,10,13,16-18,20-23H2,1-7H3,(H,38,42)(H,39,43). The smallest absolute Gasteiger partial charge is 0.243 e. The minimum atomic E-state index is -0.849. The zero-order chi connectivity index (χ0) is 32.4. The van der Waals surface area contributed by atoms with Crippen molar-refractivity contribution < 1.29 is 19.5 Å². The fourth-order valence-corrected chi connectivity index (χ4v) is 6.08. The van der Waals surface area contributed by atoms with Crippen LogP contribution in [-0.4, -0.2) is 72.1 Å². The Kier molecular flexibility index (Phi) is 13.2. The van der Waals surface area contributed by atoms with Crippen molar-refractivity contribution in [2.45, 2.75) is 98.8 Å². The van der Waals surface area contributed by atoms with Gasteiger partial charge in [-0.2, -0.15) is 0 Å². The van der Waals surface area contributed by atoms with Gasteiger partial charge < -0.3 is 26.0 Å². The Hall–Kier alpha value is -2.97. The van der Waals surface area contributed by atoms with Crippen LogP contribution in [0, 0.1) is 23.2 Å². The fourth-order valence-electron chi connectivity index (χ4n) is 6.08. The molecule has 0 aromatic heterocycles. The van der Waals surface area contributed by atoms with Crippen molar-refractivity contribution in [1.82, 2.24) is 20.9 Å². The summed E-state index contributed by atoms with van der Waals surface area (Å²) in [5, 5.41) is 21.8. The Labute approximate surface area is 264 Å². The highest BCUT2D eigenvalue weighted by Crippen LogP contribution is 2.27. The van der Waals surface area contributed by atoms with E-state index >= 15 is 0 Å². The van der Waals surface area contributed by atoms with E-state index in [1.165, 1.54) is 0 Å². The summed E-state index contributed by atoms with van der Waals surface area (Å²) in [6.45, 7) is 16.6. The first-order chi connectivity index (χ1) is 20.7. The summed E-state index contributed by atoms with van der Waals surface area (Å²) < 4.78 is 0. The largest absolute Gasteiger partial charge is 0.390 e. The highest BCUT2D eigenvalue weighted by atomic mass is 16.3. The van der Waals surface area contributed by atoms with Gasteiger partial charge in [0.15, 0.2) is 0 Å². The maximum atomic E-state index is 13.8. The van der Waals surface area contributed by atoms with Crippen LogP contribution in [0.15, 0.2) is 42.5 Å². The van der Waals surface area contributed by atoms with Crippen LogP contribution >= 0.6 is 0 Å². The quantitative estimate of drug-likeness (QED) is 0.235. The number of aliphatic hydroxyl groups is 1. The minimum absolute atomic E-state index is 0.0476. The number of nitrogens with one attached hydrogen (secondary N) is 3. The molecule has 1 saturated heterocycles. The Morgan fingerprint density at radius 1 is 0.955 bits per heavy atom. The normalized spacial score (nSPS) is 17.0. The molecule has 3 unspecified atom stereocenters. The van der Waals surface area contributed by atoms with E-state index in [0.717, 1.165) is 42.1 Å². The Morgan fingerprint density at radius 3 is 2.25 bits per heavy atom. The molecule has 2 aromatic rings.